The van der Waals surface area contributed by atoms with Crippen LogP contribution in [0.2, 0.25) is 0 Å². The van der Waals surface area contributed by atoms with Crippen LogP contribution in [0.5, 0.6) is 5.75 Å². The fraction of sp³-hybridized carbons (Fsp3) is 0.231. The maximum Gasteiger partial charge on any atom is 0.384 e. The van der Waals surface area contributed by atoms with Gasteiger partial charge in [0.2, 0.25) is 0 Å². The predicted molar refractivity (Wildman–Crippen MR) is 127 cm³/mol. The van der Waals surface area contributed by atoms with Crippen LogP contribution in [0, 0.1) is 11.8 Å². The molecule has 0 saturated carbocycles. The Bertz CT molecular complexity index is 1310. The van der Waals surface area contributed by atoms with Gasteiger partial charge in [-0.3, -0.25) is 4.79 Å². The van der Waals surface area contributed by atoms with Gasteiger partial charge in [0, 0.05) is 24.0 Å². The highest BCUT2D eigenvalue weighted by Gasteiger charge is 2.19. The molecule has 1 aromatic heterocycles. The number of carbonyl (C=O) groups is 3. The summed E-state index contributed by atoms with van der Waals surface area (Å²) in [5, 5.41) is 22.3. The number of esters is 1. The van der Waals surface area contributed by atoms with E-state index in [1.54, 1.807) is 37.3 Å². The number of aromatic carboxylic acids is 1. The van der Waals surface area contributed by atoms with E-state index >= 15 is 0 Å². The van der Waals surface area contributed by atoms with Crippen molar-refractivity contribution in [2.24, 2.45) is 0 Å². The number of carboxylic acids is 1. The maximum atomic E-state index is 13.0. The molecule has 3 N–H and O–H groups in total. The number of nitrogens with one attached hydrogen (secondary N) is 1. The third kappa shape index (κ3) is 6.79. The number of hydrogen-bond acceptors (Lipinski definition) is 7. The van der Waals surface area contributed by atoms with Gasteiger partial charge in [-0.15, -0.1) is 0 Å². The Kier molecular flexibility index (Phi) is 8.38. The second kappa shape index (κ2) is 11.6. The smallest absolute Gasteiger partial charge is 0.384 e. The van der Waals surface area contributed by atoms with Gasteiger partial charge in [0.05, 0.1) is 30.3 Å². The maximum absolute atomic E-state index is 13.0. The first kappa shape index (κ1) is 25.2. The number of benzene rings is 2. The fourth-order valence-electron chi connectivity index (χ4n) is 3.42. The van der Waals surface area contributed by atoms with Crippen molar-refractivity contribution in [2.45, 2.75) is 19.4 Å². The van der Waals surface area contributed by atoms with Crippen LogP contribution in [0.1, 0.15) is 38.9 Å². The normalized spacial score (nSPS) is 11.3. The van der Waals surface area contributed by atoms with Gasteiger partial charge in [-0.25, -0.2) is 14.6 Å². The molecule has 1 amide bonds. The minimum absolute atomic E-state index is 0.0629. The summed E-state index contributed by atoms with van der Waals surface area (Å²) in [6.07, 6.45) is 0.432. The first-order valence-electron chi connectivity index (χ1n) is 10.7. The molecule has 3 rings (SSSR count). The molecule has 0 aliphatic heterocycles. The molecule has 0 aliphatic rings. The Morgan fingerprint density at radius 1 is 1.11 bits per heavy atom. The lowest BCUT2D eigenvalue weighted by Crippen LogP contribution is -2.40. The number of phenolic OH excluding ortho intramolecular Hbond substituents is 1. The molecule has 9 heteroatoms. The van der Waals surface area contributed by atoms with Gasteiger partial charge in [0.1, 0.15) is 11.4 Å². The molecular formula is C26H24N2O7. The highest BCUT2D eigenvalue weighted by atomic mass is 16.5. The Hall–Kier alpha value is -4.42. The first-order chi connectivity index (χ1) is 16.8. The number of ether oxygens (including phenoxy) is 2. The van der Waals surface area contributed by atoms with E-state index in [1.807, 2.05) is 0 Å². The van der Waals surface area contributed by atoms with Crippen LogP contribution in [0.4, 0.5) is 0 Å². The minimum atomic E-state index is -1.24. The van der Waals surface area contributed by atoms with Gasteiger partial charge in [-0.1, -0.05) is 18.1 Å². The molecule has 0 saturated heterocycles. The molecule has 9 nitrogen and oxygen atoms in total. The lowest BCUT2D eigenvalue weighted by Gasteiger charge is -2.18. The monoisotopic (exact) mass is 476 g/mol. The van der Waals surface area contributed by atoms with Crippen molar-refractivity contribution in [2.75, 3.05) is 20.3 Å². The number of hydrogen-bond donors (Lipinski definition) is 3. The number of amides is 1. The van der Waals surface area contributed by atoms with Gasteiger partial charge in [-0.05, 0) is 55.3 Å². The summed E-state index contributed by atoms with van der Waals surface area (Å²) in [7, 11) is 1.51. The van der Waals surface area contributed by atoms with E-state index in [4.69, 9.17) is 9.47 Å². The fourth-order valence-corrected chi connectivity index (χ4v) is 3.42. The molecular weight excluding hydrogens is 452 g/mol. The van der Waals surface area contributed by atoms with Crippen molar-refractivity contribution in [1.82, 2.24) is 10.3 Å². The molecule has 0 fully saturated rings. The predicted octanol–water partition coefficient (Wildman–Crippen LogP) is 2.54. The number of phenols is 1. The van der Waals surface area contributed by atoms with Crippen LogP contribution >= 0.6 is 0 Å². The van der Waals surface area contributed by atoms with E-state index in [2.05, 4.69) is 22.1 Å². The van der Waals surface area contributed by atoms with E-state index in [0.717, 1.165) is 5.56 Å². The Labute approximate surface area is 201 Å². The van der Waals surface area contributed by atoms with E-state index in [-0.39, 0.29) is 35.6 Å². The first-order valence-corrected chi connectivity index (χ1v) is 10.7. The van der Waals surface area contributed by atoms with Crippen LogP contribution in [-0.4, -0.2) is 59.4 Å². The van der Waals surface area contributed by atoms with E-state index in [9.17, 15) is 24.6 Å². The van der Waals surface area contributed by atoms with Gasteiger partial charge in [0.25, 0.3) is 5.91 Å². The molecule has 0 aliphatic carbocycles. The Morgan fingerprint density at radius 2 is 1.86 bits per heavy atom. The van der Waals surface area contributed by atoms with E-state index in [1.165, 1.54) is 25.3 Å². The number of pyridine rings is 1. The summed E-state index contributed by atoms with van der Waals surface area (Å²) < 4.78 is 9.98. The third-order valence-electron chi connectivity index (χ3n) is 4.98. The number of aromatic hydroxyl groups is 1. The lowest BCUT2D eigenvalue weighted by atomic mass is 10.0. The number of aromatic nitrogens is 1. The number of carbonyl (C=O) groups excluding carboxylic acids is 2. The van der Waals surface area contributed by atoms with Crippen LogP contribution in [0.3, 0.4) is 0 Å². The molecule has 35 heavy (non-hydrogen) atoms. The second-order valence-corrected chi connectivity index (χ2v) is 7.56. The summed E-state index contributed by atoms with van der Waals surface area (Å²) >= 11 is 0. The summed E-state index contributed by atoms with van der Waals surface area (Å²) in [6, 6.07) is 12.0. The van der Waals surface area contributed by atoms with Crippen LogP contribution in [0.15, 0.2) is 48.5 Å². The molecule has 1 atom stereocenters. The number of methoxy groups -OCH3 is 1. The van der Waals surface area contributed by atoms with Crippen LogP contribution < -0.4 is 5.32 Å². The third-order valence-corrected chi connectivity index (χ3v) is 4.98. The van der Waals surface area contributed by atoms with Crippen LogP contribution in [0.25, 0.3) is 10.9 Å². The highest BCUT2D eigenvalue weighted by molar-refractivity contribution is 6.06. The van der Waals surface area contributed by atoms with E-state index in [0.29, 0.717) is 17.5 Å². The Morgan fingerprint density at radius 3 is 2.51 bits per heavy atom. The average molecular weight is 476 g/mol. The molecule has 0 bridgehead atoms. The van der Waals surface area contributed by atoms with E-state index < -0.39 is 23.9 Å². The van der Waals surface area contributed by atoms with Crippen molar-refractivity contribution in [3.05, 3.63) is 70.9 Å². The van der Waals surface area contributed by atoms with Gasteiger partial charge < -0.3 is 25.0 Å². The van der Waals surface area contributed by atoms with Crippen molar-refractivity contribution in [3.63, 3.8) is 0 Å². The standard InChI is InChI=1S/C26H24N2O7/c1-3-35-24(30)11-7-17-6-10-22-20(13-17)21(26(32)33)14-23(28-22)25(31)27-18(15-34-2)12-16-4-8-19(29)9-5-16/h4-6,8-10,13-14,18,29H,3,12,15H2,1-2H3,(H,27,31)(H,32,33)/t18-/m0/s1. The molecule has 0 unspecified atom stereocenters. The van der Waals surface area contributed by atoms with Crippen LogP contribution in [-0.2, 0) is 20.7 Å². The zero-order valence-electron chi connectivity index (χ0n) is 19.2. The van der Waals surface area contributed by atoms with Gasteiger partial charge >= 0.3 is 11.9 Å². The second-order valence-electron chi connectivity index (χ2n) is 7.56. The summed E-state index contributed by atoms with van der Waals surface area (Å²) in [5.74, 6) is 2.63. The zero-order valence-corrected chi connectivity index (χ0v) is 19.2. The van der Waals surface area contributed by atoms with Crippen molar-refractivity contribution < 1.29 is 34.1 Å². The zero-order chi connectivity index (χ0) is 25.4. The highest BCUT2D eigenvalue weighted by Crippen LogP contribution is 2.21. The summed E-state index contributed by atoms with van der Waals surface area (Å²) in [4.78, 5) is 40.7. The number of rotatable bonds is 8. The SMILES string of the molecule is CCOC(=O)C#Cc1ccc2nc(C(=O)N[C@H](COC)Cc3ccc(O)cc3)cc(C(=O)O)c2c1. The quantitative estimate of drug-likeness (QED) is 0.333. The number of nitrogens with zero attached hydrogens (tertiary/aromatic N) is 1. The molecule has 0 radical (unpaired) electrons. The van der Waals surface area contributed by atoms with Gasteiger partial charge in [0.15, 0.2) is 0 Å². The van der Waals surface area contributed by atoms with Crippen molar-refractivity contribution in [3.8, 4) is 17.6 Å². The lowest BCUT2D eigenvalue weighted by molar-refractivity contribution is -0.136. The largest absolute Gasteiger partial charge is 0.508 e. The summed E-state index contributed by atoms with van der Waals surface area (Å²) in [5.41, 5.74) is 1.38. The topological polar surface area (TPSA) is 135 Å². The molecule has 3 aromatic rings. The summed E-state index contributed by atoms with van der Waals surface area (Å²) in [6.45, 7) is 2.08. The average Bonchev–Trinajstić information content (AvgIpc) is 2.83. The molecule has 0 spiro atoms. The van der Waals surface area contributed by atoms with Crippen molar-refractivity contribution >= 4 is 28.7 Å². The number of fused-ring (bicyclic) bond motifs is 1. The minimum Gasteiger partial charge on any atom is -0.508 e. The molecule has 2 aromatic carbocycles. The van der Waals surface area contributed by atoms with Gasteiger partial charge in [-0.2, -0.15) is 0 Å². The molecule has 180 valence electrons. The molecule has 1 heterocycles. The Balaban J connectivity index is 1.88. The van der Waals surface area contributed by atoms with Crippen molar-refractivity contribution in [1.29, 1.82) is 0 Å². The number of carboxylic acid groups (broad SMARTS) is 1.